The van der Waals surface area contributed by atoms with Gasteiger partial charge in [-0.25, -0.2) is 4.98 Å². The lowest BCUT2D eigenvalue weighted by Crippen LogP contribution is -2.08. The number of benzene rings is 1. The maximum Gasteiger partial charge on any atom is 0.250 e. The van der Waals surface area contributed by atoms with E-state index < -0.39 is 0 Å². The van der Waals surface area contributed by atoms with Gasteiger partial charge in [-0.1, -0.05) is 42.3 Å². The highest BCUT2D eigenvalue weighted by atomic mass is 35.5. The highest BCUT2D eigenvalue weighted by Crippen LogP contribution is 2.31. The number of halogens is 2. The van der Waals surface area contributed by atoms with Gasteiger partial charge >= 0.3 is 0 Å². The molecule has 0 spiro atoms. The predicted molar refractivity (Wildman–Crippen MR) is 129 cm³/mol. The van der Waals surface area contributed by atoms with E-state index in [0.29, 0.717) is 45.6 Å². The van der Waals surface area contributed by atoms with Crippen molar-refractivity contribution in [3.05, 3.63) is 88.5 Å². The second-order valence-corrected chi connectivity index (χ2v) is 8.57. The Morgan fingerprint density at radius 3 is 2.50 bits per heavy atom. The third-order valence-corrected chi connectivity index (χ3v) is 5.94. The van der Waals surface area contributed by atoms with Crippen LogP contribution in [0.1, 0.15) is 30.3 Å². The van der Waals surface area contributed by atoms with E-state index in [4.69, 9.17) is 27.6 Å². The molecule has 0 aliphatic rings. The molecule has 0 aliphatic heterocycles. The summed E-state index contributed by atoms with van der Waals surface area (Å²) in [5.41, 5.74) is 3.07. The Morgan fingerprint density at radius 1 is 0.941 bits per heavy atom. The number of pyridine rings is 2. The lowest BCUT2D eigenvalue weighted by atomic mass is 10.1. The smallest absolute Gasteiger partial charge is 0.250 e. The zero-order valence-electron chi connectivity index (χ0n) is 18.4. The van der Waals surface area contributed by atoms with E-state index in [2.05, 4.69) is 30.4 Å². The third-order valence-electron chi connectivity index (χ3n) is 5.33. The first kappa shape index (κ1) is 22.2. The zero-order chi connectivity index (χ0) is 23.7. The number of hydrogen-bond donors (Lipinski definition) is 0. The van der Waals surface area contributed by atoms with Crippen molar-refractivity contribution in [2.75, 3.05) is 0 Å². The van der Waals surface area contributed by atoms with Gasteiger partial charge in [0.15, 0.2) is 5.82 Å². The molecule has 0 saturated heterocycles. The van der Waals surface area contributed by atoms with Gasteiger partial charge in [-0.2, -0.15) is 0 Å². The molecule has 0 radical (unpaired) electrons. The molecule has 0 N–H and O–H groups in total. The van der Waals surface area contributed by atoms with E-state index >= 15 is 0 Å². The van der Waals surface area contributed by atoms with Crippen LogP contribution in [0.25, 0.3) is 28.5 Å². The summed E-state index contributed by atoms with van der Waals surface area (Å²) in [6.07, 6.45) is 3.92. The van der Waals surface area contributed by atoms with Crippen LogP contribution in [0.2, 0.25) is 10.2 Å². The average Bonchev–Trinajstić information content (AvgIpc) is 3.48. The van der Waals surface area contributed by atoms with Crippen molar-refractivity contribution in [2.45, 2.75) is 26.2 Å². The van der Waals surface area contributed by atoms with Gasteiger partial charge in [-0.15, -0.1) is 20.4 Å². The Morgan fingerprint density at radius 2 is 1.74 bits per heavy atom. The molecule has 4 aromatic heterocycles. The van der Waals surface area contributed by atoms with Gasteiger partial charge in [-0.3, -0.25) is 9.55 Å². The van der Waals surface area contributed by atoms with E-state index in [-0.39, 0.29) is 5.92 Å². The van der Waals surface area contributed by atoms with Gasteiger partial charge in [0, 0.05) is 36.0 Å². The first-order valence-corrected chi connectivity index (χ1v) is 11.3. The van der Waals surface area contributed by atoms with E-state index in [1.54, 1.807) is 12.4 Å². The number of hydrogen-bond acceptors (Lipinski definition) is 7. The predicted octanol–water partition coefficient (Wildman–Crippen LogP) is 5.74. The molecule has 5 rings (SSSR count). The minimum absolute atomic E-state index is 0.144. The molecule has 5 aromatic rings. The molecule has 0 saturated carbocycles. The van der Waals surface area contributed by atoms with E-state index in [0.717, 1.165) is 16.9 Å². The van der Waals surface area contributed by atoms with Crippen LogP contribution in [0.15, 0.2) is 65.3 Å². The lowest BCUT2D eigenvalue weighted by Gasteiger charge is -2.13. The first-order chi connectivity index (χ1) is 16.5. The fourth-order valence-electron chi connectivity index (χ4n) is 3.61. The van der Waals surface area contributed by atoms with Crippen LogP contribution in [0.4, 0.5) is 0 Å². The summed E-state index contributed by atoms with van der Waals surface area (Å²) in [4.78, 5) is 8.35. The van der Waals surface area contributed by atoms with Crippen molar-refractivity contribution in [3.8, 4) is 28.5 Å². The Hall–Kier alpha value is -3.62. The van der Waals surface area contributed by atoms with Gasteiger partial charge < -0.3 is 4.42 Å². The number of aromatic nitrogens is 7. The van der Waals surface area contributed by atoms with Crippen molar-refractivity contribution in [2.24, 2.45) is 0 Å². The summed E-state index contributed by atoms with van der Waals surface area (Å²) in [7, 11) is 0. The quantitative estimate of drug-likeness (QED) is 0.279. The molecule has 0 bridgehead atoms. The topological polar surface area (TPSA) is 95.4 Å². The SMILES string of the molecule is Cc1ccc(-c2nnc(C(C)Cc3nnc(-c4ccncc4)n3-c3ccccc3Cl)o2)c(Cl)n1. The minimum Gasteiger partial charge on any atom is -0.420 e. The van der Waals surface area contributed by atoms with Gasteiger partial charge in [-0.05, 0) is 43.3 Å². The second-order valence-electron chi connectivity index (χ2n) is 7.80. The van der Waals surface area contributed by atoms with Gasteiger partial charge in [0.25, 0.3) is 5.89 Å². The molecule has 34 heavy (non-hydrogen) atoms. The van der Waals surface area contributed by atoms with Crippen LogP contribution in [-0.4, -0.2) is 34.9 Å². The molecule has 1 atom stereocenters. The van der Waals surface area contributed by atoms with Crippen molar-refractivity contribution in [3.63, 3.8) is 0 Å². The van der Waals surface area contributed by atoms with Crippen molar-refractivity contribution < 1.29 is 4.42 Å². The van der Waals surface area contributed by atoms with Crippen LogP contribution < -0.4 is 0 Å². The van der Waals surface area contributed by atoms with E-state index in [1.165, 1.54) is 0 Å². The molecule has 0 fully saturated rings. The molecule has 0 aliphatic carbocycles. The maximum absolute atomic E-state index is 6.55. The fraction of sp³-hybridized carbons (Fsp3) is 0.167. The van der Waals surface area contributed by atoms with Crippen LogP contribution in [0, 0.1) is 6.92 Å². The van der Waals surface area contributed by atoms with Crippen LogP contribution in [-0.2, 0) is 6.42 Å². The molecule has 1 unspecified atom stereocenters. The summed E-state index contributed by atoms with van der Waals surface area (Å²) in [6, 6.07) is 15.0. The van der Waals surface area contributed by atoms with Crippen molar-refractivity contribution in [1.82, 2.24) is 34.9 Å². The van der Waals surface area contributed by atoms with Crippen LogP contribution in [0.5, 0.6) is 0 Å². The first-order valence-electron chi connectivity index (χ1n) is 10.6. The van der Waals surface area contributed by atoms with E-state index in [9.17, 15) is 0 Å². The molecule has 1 aromatic carbocycles. The van der Waals surface area contributed by atoms with Gasteiger partial charge in [0.2, 0.25) is 5.89 Å². The van der Waals surface area contributed by atoms with Gasteiger partial charge in [0.1, 0.15) is 11.0 Å². The standard InChI is InChI=1S/C24H19Cl2N7O/c1-14(23-31-32-24(34-23)17-8-7-15(2)28-21(17)26)13-20-29-30-22(16-9-11-27-12-10-16)33(20)19-6-4-3-5-18(19)25/h3-12,14H,13H2,1-2H3. The molecule has 4 heterocycles. The number of rotatable bonds is 6. The molecular formula is C24H19Cl2N7O. The van der Waals surface area contributed by atoms with Gasteiger partial charge in [0.05, 0.1) is 16.3 Å². The average molecular weight is 492 g/mol. The molecule has 10 heteroatoms. The lowest BCUT2D eigenvalue weighted by molar-refractivity contribution is 0.461. The Balaban J connectivity index is 1.50. The zero-order valence-corrected chi connectivity index (χ0v) is 19.9. The van der Waals surface area contributed by atoms with Crippen molar-refractivity contribution >= 4 is 23.2 Å². The summed E-state index contributed by atoms with van der Waals surface area (Å²) in [5.74, 6) is 2.02. The summed E-state index contributed by atoms with van der Waals surface area (Å²) in [5, 5.41) is 18.3. The summed E-state index contributed by atoms with van der Waals surface area (Å²) >= 11 is 12.8. The highest BCUT2D eigenvalue weighted by molar-refractivity contribution is 6.32. The maximum atomic E-state index is 6.55. The molecule has 8 nitrogen and oxygen atoms in total. The molecular weight excluding hydrogens is 473 g/mol. The summed E-state index contributed by atoms with van der Waals surface area (Å²) < 4.78 is 7.90. The summed E-state index contributed by atoms with van der Waals surface area (Å²) in [6.45, 7) is 3.86. The van der Waals surface area contributed by atoms with Crippen LogP contribution in [0.3, 0.4) is 0 Å². The highest BCUT2D eigenvalue weighted by Gasteiger charge is 2.23. The number of aryl methyl sites for hydroxylation is 1. The molecule has 0 amide bonds. The monoisotopic (exact) mass is 491 g/mol. The van der Waals surface area contributed by atoms with Crippen LogP contribution >= 0.6 is 23.2 Å². The Kier molecular flexibility index (Phi) is 6.08. The Labute approximate surface area is 205 Å². The Bertz CT molecular complexity index is 1450. The fourth-order valence-corrected chi connectivity index (χ4v) is 4.11. The second kappa shape index (κ2) is 9.32. The largest absolute Gasteiger partial charge is 0.420 e. The molecule has 170 valence electrons. The third kappa shape index (κ3) is 4.30. The normalized spacial score (nSPS) is 12.1. The number of nitrogens with zero attached hydrogens (tertiary/aromatic N) is 7. The number of para-hydroxylation sites is 1. The minimum atomic E-state index is -0.144. The van der Waals surface area contributed by atoms with Crippen molar-refractivity contribution in [1.29, 1.82) is 0 Å². The van der Waals surface area contributed by atoms with E-state index in [1.807, 2.05) is 66.9 Å².